The predicted molar refractivity (Wildman–Crippen MR) is 193 cm³/mol. The van der Waals surface area contributed by atoms with E-state index in [0.717, 1.165) is 6.42 Å². The molecule has 0 atom stereocenters. The van der Waals surface area contributed by atoms with Gasteiger partial charge in [0.2, 0.25) is 0 Å². The lowest BCUT2D eigenvalue weighted by Gasteiger charge is -2.15. The molecule has 0 aliphatic carbocycles. The molecular weight excluding hydrogens is 538 g/mol. The third-order valence-electron chi connectivity index (χ3n) is 6.88. The van der Waals surface area contributed by atoms with Crippen LogP contribution >= 0.6 is 0 Å². The zero-order valence-electron chi connectivity index (χ0n) is 27.5. The highest BCUT2D eigenvalue weighted by Crippen LogP contribution is 2.30. The number of hydrogen-bond donors (Lipinski definition) is 1. The largest absolute Gasteiger partial charge is 0.355 e. The Morgan fingerprint density at radius 3 is 1.39 bits per heavy atom. The fraction of sp³-hybridized carbons (Fsp3) is 0.333. The van der Waals surface area contributed by atoms with Gasteiger partial charge in [0.1, 0.15) is 5.84 Å². The van der Waals surface area contributed by atoms with Crippen molar-refractivity contribution in [2.45, 2.75) is 79.9 Å². The van der Waals surface area contributed by atoms with Gasteiger partial charge in [-0.2, -0.15) is 0 Å². The molecule has 0 fully saturated rings. The molecule has 228 valence electrons. The van der Waals surface area contributed by atoms with Crippen LogP contribution in [0, 0.1) is 5.92 Å². The minimum atomic E-state index is 0.300. The van der Waals surface area contributed by atoms with Gasteiger partial charge in [0.05, 0.1) is 29.1 Å². The maximum Gasteiger partial charge on any atom is 0.108 e. The molecule has 0 aliphatic rings. The summed E-state index contributed by atoms with van der Waals surface area (Å²) in [4.78, 5) is 16.2. The zero-order valence-corrected chi connectivity index (χ0v) is 27.5. The first-order valence-electron chi connectivity index (χ1n) is 15.8. The molecule has 44 heavy (non-hydrogen) atoms. The molecule has 2 aromatic heterocycles. The summed E-state index contributed by atoms with van der Waals surface area (Å²) in [6, 6.07) is 37.6. The van der Waals surface area contributed by atoms with Gasteiger partial charge in [0.25, 0.3) is 0 Å². The first kappa shape index (κ1) is 32.4. The lowest BCUT2D eigenvalue weighted by molar-refractivity contribution is 0.668. The van der Waals surface area contributed by atoms with E-state index in [0.29, 0.717) is 24.0 Å². The van der Waals surface area contributed by atoms with E-state index in [4.69, 9.17) is 4.99 Å². The van der Waals surface area contributed by atoms with Gasteiger partial charge in [-0.1, -0.05) is 86.6 Å². The van der Waals surface area contributed by atoms with E-state index in [9.17, 15) is 0 Å². The van der Waals surface area contributed by atoms with Crippen molar-refractivity contribution >= 4 is 55.5 Å². The summed E-state index contributed by atoms with van der Waals surface area (Å²) in [5.74, 6) is 1.75. The van der Waals surface area contributed by atoms with Crippen molar-refractivity contribution in [1.82, 2.24) is 9.55 Å². The van der Waals surface area contributed by atoms with Crippen LogP contribution in [0.15, 0.2) is 112 Å². The molecule has 0 unspecified atom stereocenters. The van der Waals surface area contributed by atoms with Gasteiger partial charge < -0.3 is 4.98 Å². The maximum absolute atomic E-state index is 4.94. The number of para-hydroxylation sites is 4. The van der Waals surface area contributed by atoms with Crippen LogP contribution in [0.3, 0.4) is 0 Å². The normalized spacial score (nSPS) is 11.7. The number of nitrogens with zero attached hydrogens (tertiary/aromatic N) is 4. The molecule has 0 radical (unpaired) electrons. The van der Waals surface area contributed by atoms with Gasteiger partial charge in [-0.05, 0) is 71.7 Å². The third-order valence-corrected chi connectivity index (χ3v) is 6.88. The number of aliphatic imine (C=N–C) groups is 3. The van der Waals surface area contributed by atoms with Crippen LogP contribution in [0.2, 0.25) is 0 Å². The number of H-pyrrole nitrogens is 1. The number of aromatic nitrogens is 2. The summed E-state index contributed by atoms with van der Waals surface area (Å²) in [6.45, 7) is 16.8. The van der Waals surface area contributed by atoms with Crippen LogP contribution in [0.1, 0.15) is 61.8 Å². The number of benzene rings is 4. The topological polar surface area (TPSA) is 57.8 Å². The minimum absolute atomic E-state index is 0.300. The maximum atomic E-state index is 4.94. The summed E-state index contributed by atoms with van der Waals surface area (Å²) in [6.07, 6.45) is 0.987. The van der Waals surface area contributed by atoms with Crippen molar-refractivity contribution in [2.75, 3.05) is 0 Å². The molecule has 0 amide bonds. The Kier molecular flexibility index (Phi) is 11.3. The summed E-state index contributed by atoms with van der Waals surface area (Å²) in [7, 11) is 0. The molecule has 0 bridgehead atoms. The van der Waals surface area contributed by atoms with Gasteiger partial charge >= 0.3 is 0 Å². The molecule has 6 rings (SSSR count). The van der Waals surface area contributed by atoms with Crippen molar-refractivity contribution in [1.29, 1.82) is 0 Å². The van der Waals surface area contributed by atoms with Crippen LogP contribution < -0.4 is 0 Å². The molecule has 6 aromatic rings. The van der Waals surface area contributed by atoms with Gasteiger partial charge in [-0.3, -0.25) is 9.56 Å². The van der Waals surface area contributed by atoms with E-state index in [1.54, 1.807) is 0 Å². The van der Waals surface area contributed by atoms with Gasteiger partial charge in [0.15, 0.2) is 0 Å². The van der Waals surface area contributed by atoms with Crippen LogP contribution in [-0.2, 0) is 0 Å². The molecule has 1 N–H and O–H groups in total. The van der Waals surface area contributed by atoms with E-state index >= 15 is 0 Å². The Bertz CT molecular complexity index is 1780. The summed E-state index contributed by atoms with van der Waals surface area (Å²) in [5, 5.41) is 5.22. The van der Waals surface area contributed by atoms with Crippen molar-refractivity contribution in [2.24, 2.45) is 20.9 Å². The Hall–Kier alpha value is -4.47. The number of hydrogen-bond acceptors (Lipinski definition) is 3. The summed E-state index contributed by atoms with van der Waals surface area (Å²) >= 11 is 0. The van der Waals surface area contributed by atoms with E-state index in [2.05, 4.69) is 150 Å². The lowest BCUT2D eigenvalue weighted by atomic mass is 10.1. The standard InChI is InChI=1S/C20H24N2.C12H9N.C7H14N2/c1-14(2)13-20(21-15(3)4)22-18-11-7-5-9-16(18)17-10-6-8-12-19(17)22;1-3-7-11-9(5-1)10-6-2-4-8-12(10)13-11;1-6(2)8-5-9-7(3)4/h5-12,14-15H,13H2,1-4H3;1-8,13H;6-7H,1-4H3. The summed E-state index contributed by atoms with van der Waals surface area (Å²) < 4.78 is 2.35. The lowest BCUT2D eigenvalue weighted by Crippen LogP contribution is -2.16. The SMILES string of the molecule is CC(C)CC(=NC(C)C)n1c2ccccc2c2ccccc21.CC(C)N=C=NC(C)C.c1ccc2c(c1)[nH]c1ccccc12. The zero-order chi connectivity index (χ0) is 31.6. The second-order valence-electron chi connectivity index (χ2n) is 12.4. The number of fused-ring (bicyclic) bond motifs is 6. The molecule has 5 nitrogen and oxygen atoms in total. The van der Waals surface area contributed by atoms with Gasteiger partial charge in [0, 0.05) is 45.0 Å². The van der Waals surface area contributed by atoms with E-state index in [1.807, 2.05) is 27.7 Å². The molecule has 0 saturated carbocycles. The van der Waals surface area contributed by atoms with Gasteiger partial charge in [-0.25, -0.2) is 9.98 Å². The molecule has 2 heterocycles. The van der Waals surface area contributed by atoms with E-state index in [1.165, 1.54) is 49.4 Å². The summed E-state index contributed by atoms with van der Waals surface area (Å²) in [5.41, 5.74) is 4.93. The fourth-order valence-corrected chi connectivity index (χ4v) is 5.13. The Morgan fingerprint density at radius 2 is 0.977 bits per heavy atom. The van der Waals surface area contributed by atoms with Crippen LogP contribution in [0.25, 0.3) is 43.6 Å². The second-order valence-corrected chi connectivity index (χ2v) is 12.4. The van der Waals surface area contributed by atoms with E-state index < -0.39 is 0 Å². The third kappa shape index (κ3) is 8.33. The van der Waals surface area contributed by atoms with E-state index in [-0.39, 0.29) is 0 Å². The molecular formula is C39H47N5. The van der Waals surface area contributed by atoms with Crippen LogP contribution in [0.5, 0.6) is 0 Å². The molecule has 0 spiro atoms. The minimum Gasteiger partial charge on any atom is -0.355 e. The number of nitrogens with one attached hydrogen (secondary N) is 1. The first-order valence-corrected chi connectivity index (χ1v) is 15.8. The fourth-order valence-electron chi connectivity index (χ4n) is 5.13. The average Bonchev–Trinajstić information content (AvgIpc) is 3.53. The Balaban J connectivity index is 0.000000170. The molecule has 4 aromatic carbocycles. The highest BCUT2D eigenvalue weighted by atomic mass is 15.1. The average molecular weight is 586 g/mol. The second kappa shape index (κ2) is 15.3. The highest BCUT2D eigenvalue weighted by molar-refractivity contribution is 6.14. The number of rotatable bonds is 5. The van der Waals surface area contributed by atoms with Crippen LogP contribution in [-0.4, -0.2) is 39.5 Å². The van der Waals surface area contributed by atoms with Crippen molar-refractivity contribution in [3.8, 4) is 0 Å². The smallest absolute Gasteiger partial charge is 0.108 e. The Morgan fingerprint density at radius 1 is 0.568 bits per heavy atom. The molecule has 5 heteroatoms. The van der Waals surface area contributed by atoms with Crippen molar-refractivity contribution in [3.63, 3.8) is 0 Å². The van der Waals surface area contributed by atoms with Crippen molar-refractivity contribution in [3.05, 3.63) is 97.1 Å². The monoisotopic (exact) mass is 585 g/mol. The first-order chi connectivity index (χ1) is 21.2. The van der Waals surface area contributed by atoms with Crippen LogP contribution in [0.4, 0.5) is 0 Å². The highest BCUT2D eigenvalue weighted by Gasteiger charge is 2.15. The predicted octanol–water partition coefficient (Wildman–Crippen LogP) is 10.8. The quantitative estimate of drug-likeness (QED) is 0.155. The number of aromatic amines is 1. The Labute approximate surface area is 262 Å². The molecule has 0 aliphatic heterocycles. The van der Waals surface area contributed by atoms with Crippen molar-refractivity contribution < 1.29 is 0 Å². The molecule has 0 saturated heterocycles. The van der Waals surface area contributed by atoms with Gasteiger partial charge in [-0.15, -0.1) is 0 Å².